The first-order valence-electron chi connectivity index (χ1n) is 10.2. The van der Waals surface area contributed by atoms with Crippen molar-refractivity contribution < 1.29 is 9.59 Å². The van der Waals surface area contributed by atoms with Crippen molar-refractivity contribution in [3.05, 3.63) is 18.2 Å². The second-order valence-corrected chi connectivity index (χ2v) is 8.88. The van der Waals surface area contributed by atoms with Gasteiger partial charge in [0, 0.05) is 17.5 Å². The Balaban J connectivity index is 1.42. The van der Waals surface area contributed by atoms with Gasteiger partial charge < -0.3 is 10.6 Å². The first kappa shape index (κ1) is 18.4. The molecule has 2 saturated carbocycles. The Hall–Kier alpha value is -1.95. The van der Waals surface area contributed by atoms with Crippen molar-refractivity contribution in [2.75, 3.05) is 10.6 Å². The average Bonchev–Trinajstić information content (AvgIpc) is 3.10. The molecule has 2 fully saturated rings. The normalized spacial score (nSPS) is 19.1. The van der Waals surface area contributed by atoms with Crippen molar-refractivity contribution in [1.29, 1.82) is 0 Å². The van der Waals surface area contributed by atoms with Crippen LogP contribution < -0.4 is 10.6 Å². The fourth-order valence-corrected chi connectivity index (χ4v) is 5.15. The maximum Gasteiger partial charge on any atom is 0.229 e. The highest BCUT2D eigenvalue weighted by atomic mass is 32.1. The number of aromatic nitrogens is 1. The summed E-state index contributed by atoms with van der Waals surface area (Å²) in [5.74, 6) is 0.487. The Morgan fingerprint density at radius 3 is 2.07 bits per heavy atom. The van der Waals surface area contributed by atoms with Crippen LogP contribution in [-0.2, 0) is 9.59 Å². The van der Waals surface area contributed by atoms with Crippen LogP contribution in [0.4, 0.5) is 10.8 Å². The number of hydrogen-bond donors (Lipinski definition) is 2. The zero-order chi connectivity index (χ0) is 18.6. The molecule has 4 rings (SSSR count). The van der Waals surface area contributed by atoms with Gasteiger partial charge in [-0.3, -0.25) is 9.59 Å². The first-order chi connectivity index (χ1) is 13.2. The van der Waals surface area contributed by atoms with Crippen molar-refractivity contribution in [1.82, 2.24) is 4.98 Å². The Kier molecular flexibility index (Phi) is 5.72. The molecular weight excluding hydrogens is 358 g/mol. The lowest BCUT2D eigenvalue weighted by Gasteiger charge is -2.20. The minimum Gasteiger partial charge on any atom is -0.326 e. The summed E-state index contributed by atoms with van der Waals surface area (Å²) >= 11 is 1.47. The van der Waals surface area contributed by atoms with E-state index in [-0.39, 0.29) is 23.7 Å². The molecule has 1 heterocycles. The van der Waals surface area contributed by atoms with Crippen LogP contribution in [0.3, 0.4) is 0 Å². The second-order valence-electron chi connectivity index (χ2n) is 7.85. The number of rotatable bonds is 4. The number of carbonyl (C=O) groups is 2. The van der Waals surface area contributed by atoms with Gasteiger partial charge in [-0.15, -0.1) is 0 Å². The summed E-state index contributed by atoms with van der Waals surface area (Å²) in [6, 6.07) is 5.78. The van der Waals surface area contributed by atoms with Crippen molar-refractivity contribution in [2.24, 2.45) is 11.8 Å². The smallest absolute Gasteiger partial charge is 0.229 e. The van der Waals surface area contributed by atoms with E-state index in [1.807, 2.05) is 18.2 Å². The predicted molar refractivity (Wildman–Crippen MR) is 110 cm³/mol. The standard InChI is InChI=1S/C21H27N3O2S/c25-19(14-7-3-1-4-8-14)22-16-11-12-17-18(13-16)27-21(23-17)24-20(26)15-9-5-2-6-10-15/h11-15H,1-10H2,(H,22,25)(H,23,24,26). The van der Waals surface area contributed by atoms with Gasteiger partial charge in [0.05, 0.1) is 10.2 Å². The molecule has 2 aliphatic carbocycles. The van der Waals surface area contributed by atoms with E-state index in [1.165, 1.54) is 24.2 Å². The summed E-state index contributed by atoms with van der Waals surface area (Å²) in [5.41, 5.74) is 1.67. The molecule has 0 spiro atoms. The number of anilines is 2. The maximum absolute atomic E-state index is 12.4. The Morgan fingerprint density at radius 2 is 1.44 bits per heavy atom. The SMILES string of the molecule is O=C(Nc1ccc2nc(NC(=O)C3CCCCC3)sc2c1)C1CCCCC1. The van der Waals surface area contributed by atoms with Crippen LogP contribution in [0, 0.1) is 11.8 Å². The zero-order valence-corrected chi connectivity index (χ0v) is 16.4. The monoisotopic (exact) mass is 385 g/mol. The number of fused-ring (bicyclic) bond motifs is 1. The molecule has 5 nitrogen and oxygen atoms in total. The van der Waals surface area contributed by atoms with Crippen molar-refractivity contribution >= 4 is 44.2 Å². The molecule has 2 amide bonds. The minimum atomic E-state index is 0.0968. The van der Waals surface area contributed by atoms with E-state index in [9.17, 15) is 9.59 Å². The van der Waals surface area contributed by atoms with Crippen LogP contribution in [-0.4, -0.2) is 16.8 Å². The van der Waals surface area contributed by atoms with E-state index in [0.717, 1.165) is 67.3 Å². The first-order valence-corrected chi connectivity index (χ1v) is 11.0. The minimum absolute atomic E-state index is 0.0968. The molecule has 144 valence electrons. The molecule has 2 aliphatic rings. The summed E-state index contributed by atoms with van der Waals surface area (Å²) < 4.78 is 0.982. The summed E-state index contributed by atoms with van der Waals surface area (Å²) in [5, 5.41) is 6.70. The van der Waals surface area contributed by atoms with E-state index in [2.05, 4.69) is 15.6 Å². The lowest BCUT2D eigenvalue weighted by molar-refractivity contribution is -0.121. The Labute approximate surface area is 163 Å². The number of nitrogens with one attached hydrogen (secondary N) is 2. The number of carbonyl (C=O) groups excluding carboxylic acids is 2. The van der Waals surface area contributed by atoms with E-state index in [1.54, 1.807) is 0 Å². The van der Waals surface area contributed by atoms with Crippen molar-refractivity contribution in [2.45, 2.75) is 64.2 Å². The maximum atomic E-state index is 12.4. The number of nitrogens with zero attached hydrogens (tertiary/aromatic N) is 1. The van der Waals surface area contributed by atoms with Gasteiger partial charge in [0.15, 0.2) is 5.13 Å². The van der Waals surface area contributed by atoms with E-state index < -0.39 is 0 Å². The molecule has 2 N–H and O–H groups in total. The van der Waals surface area contributed by atoms with Crippen LogP contribution in [0.1, 0.15) is 64.2 Å². The third kappa shape index (κ3) is 4.49. The summed E-state index contributed by atoms with van der Waals surface area (Å²) in [6.07, 6.45) is 11.0. The highest BCUT2D eigenvalue weighted by molar-refractivity contribution is 7.22. The molecule has 0 aliphatic heterocycles. The van der Waals surface area contributed by atoms with Crippen LogP contribution in [0.15, 0.2) is 18.2 Å². The fourth-order valence-electron chi connectivity index (χ4n) is 4.24. The van der Waals surface area contributed by atoms with Gasteiger partial charge in [-0.1, -0.05) is 49.9 Å². The van der Waals surface area contributed by atoms with Crippen molar-refractivity contribution in [3.63, 3.8) is 0 Å². The van der Waals surface area contributed by atoms with Gasteiger partial charge in [-0.2, -0.15) is 0 Å². The van der Waals surface area contributed by atoms with Crippen LogP contribution in [0.2, 0.25) is 0 Å². The van der Waals surface area contributed by atoms with Crippen molar-refractivity contribution in [3.8, 4) is 0 Å². The Morgan fingerprint density at radius 1 is 0.852 bits per heavy atom. The molecule has 6 heteroatoms. The molecule has 2 aromatic rings. The highest BCUT2D eigenvalue weighted by Crippen LogP contribution is 2.31. The summed E-state index contributed by atoms with van der Waals surface area (Å²) in [6.45, 7) is 0. The third-order valence-electron chi connectivity index (χ3n) is 5.84. The molecule has 0 saturated heterocycles. The molecule has 0 unspecified atom stereocenters. The largest absolute Gasteiger partial charge is 0.326 e. The number of hydrogen-bond acceptors (Lipinski definition) is 4. The fraction of sp³-hybridized carbons (Fsp3) is 0.571. The molecule has 1 aromatic heterocycles. The topological polar surface area (TPSA) is 71.1 Å². The van der Waals surface area contributed by atoms with Crippen LogP contribution in [0.5, 0.6) is 0 Å². The van der Waals surface area contributed by atoms with E-state index >= 15 is 0 Å². The molecule has 0 radical (unpaired) electrons. The quantitative estimate of drug-likeness (QED) is 0.747. The van der Waals surface area contributed by atoms with Gasteiger partial charge in [0.2, 0.25) is 11.8 Å². The van der Waals surface area contributed by atoms with E-state index in [0.29, 0.717) is 5.13 Å². The van der Waals surface area contributed by atoms with Gasteiger partial charge in [-0.25, -0.2) is 4.98 Å². The summed E-state index contributed by atoms with van der Waals surface area (Å²) in [4.78, 5) is 29.4. The highest BCUT2D eigenvalue weighted by Gasteiger charge is 2.23. The Bertz CT molecular complexity index is 790. The van der Waals surface area contributed by atoms with Gasteiger partial charge in [0.1, 0.15) is 0 Å². The lowest BCUT2D eigenvalue weighted by atomic mass is 9.88. The number of thiazole rings is 1. The predicted octanol–water partition coefficient (Wildman–Crippen LogP) is 5.33. The number of amides is 2. The van der Waals surface area contributed by atoms with Gasteiger partial charge in [0.25, 0.3) is 0 Å². The van der Waals surface area contributed by atoms with Crippen LogP contribution in [0.25, 0.3) is 10.2 Å². The average molecular weight is 386 g/mol. The second kappa shape index (κ2) is 8.38. The molecule has 27 heavy (non-hydrogen) atoms. The number of benzene rings is 1. The third-order valence-corrected chi connectivity index (χ3v) is 6.77. The lowest BCUT2D eigenvalue weighted by Crippen LogP contribution is -2.24. The molecular formula is C21H27N3O2S. The van der Waals surface area contributed by atoms with Gasteiger partial charge >= 0.3 is 0 Å². The van der Waals surface area contributed by atoms with Gasteiger partial charge in [-0.05, 0) is 43.9 Å². The molecule has 0 atom stereocenters. The summed E-state index contributed by atoms with van der Waals surface area (Å²) in [7, 11) is 0. The van der Waals surface area contributed by atoms with Crippen LogP contribution >= 0.6 is 11.3 Å². The zero-order valence-electron chi connectivity index (χ0n) is 15.6. The molecule has 1 aromatic carbocycles. The molecule has 0 bridgehead atoms. The van der Waals surface area contributed by atoms with E-state index in [4.69, 9.17) is 0 Å².